The van der Waals surface area contributed by atoms with Crippen molar-refractivity contribution < 1.29 is 19.1 Å². The van der Waals surface area contributed by atoms with Crippen molar-refractivity contribution in [3.63, 3.8) is 0 Å². The number of benzene rings is 1. The lowest BCUT2D eigenvalue weighted by molar-refractivity contribution is -0.131. The fourth-order valence-corrected chi connectivity index (χ4v) is 4.25. The Balaban J connectivity index is 1.52. The first-order valence-electron chi connectivity index (χ1n) is 9.88. The van der Waals surface area contributed by atoms with Gasteiger partial charge in [-0.05, 0) is 29.7 Å². The molecule has 2 heterocycles. The number of aliphatic imine (C=N–C) groups is 1. The van der Waals surface area contributed by atoms with Gasteiger partial charge in [0, 0.05) is 38.4 Å². The highest BCUT2D eigenvalue weighted by atomic mass is 16.3. The van der Waals surface area contributed by atoms with Crippen molar-refractivity contribution in [3.8, 4) is 0 Å². The summed E-state index contributed by atoms with van der Waals surface area (Å²) in [5.74, 6) is 0.465. The molecule has 2 atom stereocenters. The standard InChI is InChI=1S/C23H24N2O4/c1-15(26)25-9-8-16-5-2-3-6-18(16)20(25)14-24-13-19-21(27)11-17(12-22(19)28)23-7-4-10-29-23/h2-7,10,13,17,20,27H,8-9,11-12,14H2,1H3. The Labute approximate surface area is 169 Å². The Bertz CT molecular complexity index is 975. The minimum Gasteiger partial charge on any atom is -0.511 e. The number of carbonyl (C=O) groups excluding carboxylic acids is 2. The van der Waals surface area contributed by atoms with E-state index in [9.17, 15) is 14.7 Å². The highest BCUT2D eigenvalue weighted by Crippen LogP contribution is 2.34. The fraction of sp³-hybridized carbons (Fsp3) is 0.348. The van der Waals surface area contributed by atoms with E-state index in [2.05, 4.69) is 11.1 Å². The quantitative estimate of drug-likeness (QED) is 0.803. The summed E-state index contributed by atoms with van der Waals surface area (Å²) in [6.07, 6.45) is 4.50. The number of nitrogens with zero attached hydrogens (tertiary/aromatic N) is 2. The lowest BCUT2D eigenvalue weighted by atomic mass is 9.86. The van der Waals surface area contributed by atoms with Crippen LogP contribution in [0.15, 0.2) is 63.4 Å². The van der Waals surface area contributed by atoms with E-state index in [0.717, 1.165) is 12.0 Å². The van der Waals surface area contributed by atoms with Gasteiger partial charge < -0.3 is 14.4 Å². The van der Waals surface area contributed by atoms with Crippen molar-refractivity contribution in [1.82, 2.24) is 4.90 Å². The summed E-state index contributed by atoms with van der Waals surface area (Å²) >= 11 is 0. The summed E-state index contributed by atoms with van der Waals surface area (Å²) in [5.41, 5.74) is 2.57. The van der Waals surface area contributed by atoms with Crippen LogP contribution in [-0.2, 0) is 16.0 Å². The van der Waals surface area contributed by atoms with Gasteiger partial charge in [0.25, 0.3) is 0 Å². The van der Waals surface area contributed by atoms with Gasteiger partial charge in [-0.15, -0.1) is 0 Å². The molecule has 1 N–H and O–H groups in total. The third kappa shape index (κ3) is 3.88. The van der Waals surface area contributed by atoms with Gasteiger partial charge in [-0.25, -0.2) is 0 Å². The molecule has 6 nitrogen and oxygen atoms in total. The molecule has 1 aliphatic heterocycles. The second-order valence-electron chi connectivity index (χ2n) is 7.58. The summed E-state index contributed by atoms with van der Waals surface area (Å²) in [6.45, 7) is 2.57. The molecule has 1 aliphatic carbocycles. The van der Waals surface area contributed by atoms with E-state index in [0.29, 0.717) is 25.3 Å². The van der Waals surface area contributed by atoms with E-state index < -0.39 is 0 Å². The number of carbonyl (C=O) groups is 2. The maximum atomic E-state index is 12.5. The van der Waals surface area contributed by atoms with Crippen molar-refractivity contribution in [3.05, 3.63) is 70.9 Å². The molecule has 1 amide bonds. The summed E-state index contributed by atoms with van der Waals surface area (Å²) in [5, 5.41) is 10.4. The number of aliphatic hydroxyl groups excluding tert-OH is 1. The molecular formula is C23H24N2O4. The molecule has 0 saturated heterocycles. The Kier molecular flexibility index (Phi) is 5.34. The maximum Gasteiger partial charge on any atom is 0.220 e. The smallest absolute Gasteiger partial charge is 0.220 e. The van der Waals surface area contributed by atoms with Crippen molar-refractivity contribution in [2.24, 2.45) is 4.99 Å². The number of rotatable bonds is 4. The number of allylic oxidation sites excluding steroid dienone is 2. The van der Waals surface area contributed by atoms with Crippen LogP contribution in [0.1, 0.15) is 48.6 Å². The molecule has 1 aromatic carbocycles. The molecule has 2 aromatic rings. The molecule has 4 rings (SSSR count). The average Bonchev–Trinajstić information content (AvgIpc) is 3.24. The van der Waals surface area contributed by atoms with E-state index in [-0.39, 0.29) is 41.4 Å². The minimum atomic E-state index is -0.161. The van der Waals surface area contributed by atoms with Gasteiger partial charge in [0.2, 0.25) is 5.91 Å². The predicted octanol–water partition coefficient (Wildman–Crippen LogP) is 3.75. The fourth-order valence-electron chi connectivity index (χ4n) is 4.25. The van der Waals surface area contributed by atoms with Crippen LogP contribution in [0.4, 0.5) is 0 Å². The normalized spacial score (nSPS) is 22.2. The van der Waals surface area contributed by atoms with Crippen LogP contribution in [0.3, 0.4) is 0 Å². The Morgan fingerprint density at radius 3 is 2.83 bits per heavy atom. The van der Waals surface area contributed by atoms with E-state index in [1.54, 1.807) is 19.3 Å². The van der Waals surface area contributed by atoms with Crippen molar-refractivity contribution >= 4 is 17.9 Å². The van der Waals surface area contributed by atoms with E-state index in [1.807, 2.05) is 29.2 Å². The molecule has 0 spiro atoms. The van der Waals surface area contributed by atoms with Crippen molar-refractivity contribution in [2.45, 2.75) is 38.1 Å². The number of ketones is 1. The third-order valence-electron chi connectivity index (χ3n) is 5.74. The van der Waals surface area contributed by atoms with E-state index >= 15 is 0 Å². The molecule has 0 bridgehead atoms. The molecule has 0 radical (unpaired) electrons. The van der Waals surface area contributed by atoms with E-state index in [1.165, 1.54) is 11.8 Å². The van der Waals surface area contributed by atoms with Gasteiger partial charge in [0.05, 0.1) is 24.4 Å². The molecule has 2 unspecified atom stereocenters. The number of Topliss-reactive ketones (excluding diaryl/α,β-unsaturated/α-hetero) is 1. The third-order valence-corrected chi connectivity index (χ3v) is 5.74. The zero-order valence-corrected chi connectivity index (χ0v) is 16.4. The predicted molar refractivity (Wildman–Crippen MR) is 109 cm³/mol. The van der Waals surface area contributed by atoms with Crippen LogP contribution in [0.5, 0.6) is 0 Å². The lowest BCUT2D eigenvalue weighted by Crippen LogP contribution is -2.40. The molecular weight excluding hydrogens is 368 g/mol. The number of hydrogen-bond donors (Lipinski definition) is 1. The van der Waals surface area contributed by atoms with Crippen molar-refractivity contribution in [1.29, 1.82) is 0 Å². The van der Waals surface area contributed by atoms with Gasteiger partial charge in [-0.2, -0.15) is 0 Å². The number of furan rings is 1. The van der Waals surface area contributed by atoms with E-state index in [4.69, 9.17) is 4.42 Å². The SMILES string of the molecule is CC(=O)N1CCc2ccccc2C1CN=CC1=C(O)CC(c2ccco2)CC1=O. The number of amides is 1. The average molecular weight is 392 g/mol. The Morgan fingerprint density at radius 1 is 1.28 bits per heavy atom. The molecule has 1 aromatic heterocycles. The van der Waals surface area contributed by atoms with Crippen LogP contribution in [0.2, 0.25) is 0 Å². The largest absolute Gasteiger partial charge is 0.511 e. The second kappa shape index (κ2) is 8.07. The van der Waals surface area contributed by atoms with Gasteiger partial charge in [-0.1, -0.05) is 24.3 Å². The first kappa shape index (κ1) is 19.2. The number of fused-ring (bicyclic) bond motifs is 1. The van der Waals surface area contributed by atoms with Crippen LogP contribution in [0, 0.1) is 0 Å². The van der Waals surface area contributed by atoms with Gasteiger partial charge in [0.15, 0.2) is 5.78 Å². The first-order valence-corrected chi connectivity index (χ1v) is 9.88. The van der Waals surface area contributed by atoms with Crippen LogP contribution in [0.25, 0.3) is 0 Å². The number of aliphatic hydroxyl groups is 1. The molecule has 150 valence electrons. The first-order chi connectivity index (χ1) is 14.0. The molecule has 2 aliphatic rings. The monoisotopic (exact) mass is 392 g/mol. The highest BCUT2D eigenvalue weighted by molar-refractivity contribution is 6.14. The Morgan fingerprint density at radius 2 is 2.10 bits per heavy atom. The van der Waals surface area contributed by atoms with Crippen molar-refractivity contribution in [2.75, 3.05) is 13.1 Å². The zero-order chi connectivity index (χ0) is 20.4. The van der Waals surface area contributed by atoms with Gasteiger partial charge in [-0.3, -0.25) is 14.6 Å². The molecule has 0 fully saturated rings. The van der Waals surface area contributed by atoms with Crippen LogP contribution < -0.4 is 0 Å². The highest BCUT2D eigenvalue weighted by Gasteiger charge is 2.30. The van der Waals surface area contributed by atoms with Crippen LogP contribution >= 0.6 is 0 Å². The summed E-state index contributed by atoms with van der Waals surface area (Å²) in [7, 11) is 0. The number of hydrogen-bond acceptors (Lipinski definition) is 5. The molecule has 6 heteroatoms. The van der Waals surface area contributed by atoms with Gasteiger partial charge in [0.1, 0.15) is 11.5 Å². The minimum absolute atomic E-state index is 0.0109. The Hall–Kier alpha value is -3.15. The van der Waals surface area contributed by atoms with Gasteiger partial charge >= 0.3 is 0 Å². The lowest BCUT2D eigenvalue weighted by Gasteiger charge is -2.36. The maximum absolute atomic E-state index is 12.5. The van der Waals surface area contributed by atoms with Crippen LogP contribution in [-0.4, -0.2) is 41.0 Å². The summed E-state index contributed by atoms with van der Waals surface area (Å²) in [6, 6.07) is 11.5. The second-order valence-corrected chi connectivity index (χ2v) is 7.58. The summed E-state index contributed by atoms with van der Waals surface area (Å²) < 4.78 is 5.38. The molecule has 29 heavy (non-hydrogen) atoms. The molecule has 0 saturated carbocycles. The topological polar surface area (TPSA) is 83.1 Å². The zero-order valence-electron chi connectivity index (χ0n) is 16.4. The summed E-state index contributed by atoms with van der Waals surface area (Å²) in [4.78, 5) is 30.9.